The molecular weight excluding hydrogens is 186 g/mol. The molecule has 1 atom stereocenters. The van der Waals surface area contributed by atoms with Gasteiger partial charge in [-0.05, 0) is 5.92 Å². The van der Waals surface area contributed by atoms with E-state index >= 15 is 0 Å². The standard InChI is InChI=1S/C13H26NO/c1-9(2)10(14-13(6,7)8)11(15)12(3,4)5/h9-10,14H,6H2,1-5,7-8H3/q-1. The van der Waals surface area contributed by atoms with Gasteiger partial charge in [0.15, 0.2) is 5.78 Å². The second-order valence-electron chi connectivity index (χ2n) is 6.36. The highest BCUT2D eigenvalue weighted by Crippen LogP contribution is 2.21. The number of carbonyl (C=O) groups is 1. The van der Waals surface area contributed by atoms with Gasteiger partial charge in [0.1, 0.15) is 0 Å². The fourth-order valence-corrected chi connectivity index (χ4v) is 1.42. The molecule has 0 spiro atoms. The van der Waals surface area contributed by atoms with Gasteiger partial charge in [0, 0.05) is 5.41 Å². The number of nitrogens with one attached hydrogen (secondary N) is 1. The predicted octanol–water partition coefficient (Wildman–Crippen LogP) is 2.83. The lowest BCUT2D eigenvalue weighted by atomic mass is 9.81. The van der Waals surface area contributed by atoms with E-state index in [0.717, 1.165) is 0 Å². The van der Waals surface area contributed by atoms with Crippen LogP contribution in [0.15, 0.2) is 0 Å². The van der Waals surface area contributed by atoms with Crippen LogP contribution >= 0.6 is 0 Å². The van der Waals surface area contributed by atoms with Crippen LogP contribution in [0.25, 0.3) is 0 Å². The number of hydrogen-bond donors (Lipinski definition) is 1. The van der Waals surface area contributed by atoms with E-state index in [-0.39, 0.29) is 28.7 Å². The van der Waals surface area contributed by atoms with Gasteiger partial charge in [-0.1, -0.05) is 48.5 Å². The Bertz CT molecular complexity index is 218. The van der Waals surface area contributed by atoms with Crippen molar-refractivity contribution in [2.24, 2.45) is 11.3 Å². The van der Waals surface area contributed by atoms with Crippen LogP contribution in [0.4, 0.5) is 0 Å². The summed E-state index contributed by atoms with van der Waals surface area (Å²) in [5.41, 5.74) is -0.566. The van der Waals surface area contributed by atoms with Gasteiger partial charge in [0.25, 0.3) is 0 Å². The van der Waals surface area contributed by atoms with Crippen LogP contribution in [0.3, 0.4) is 0 Å². The van der Waals surface area contributed by atoms with Crippen molar-refractivity contribution in [1.82, 2.24) is 5.32 Å². The Hall–Kier alpha value is -0.370. The summed E-state index contributed by atoms with van der Waals surface area (Å²) < 4.78 is 0. The van der Waals surface area contributed by atoms with Crippen LogP contribution in [-0.2, 0) is 4.79 Å². The van der Waals surface area contributed by atoms with Gasteiger partial charge >= 0.3 is 0 Å². The lowest BCUT2D eigenvalue weighted by molar-refractivity contribution is -0.130. The van der Waals surface area contributed by atoms with Crippen molar-refractivity contribution in [3.05, 3.63) is 6.92 Å². The lowest BCUT2D eigenvalue weighted by Gasteiger charge is -2.38. The Morgan fingerprint density at radius 2 is 1.53 bits per heavy atom. The fourth-order valence-electron chi connectivity index (χ4n) is 1.42. The van der Waals surface area contributed by atoms with Gasteiger partial charge in [-0.25, -0.2) is 0 Å². The first-order chi connectivity index (χ1) is 6.45. The summed E-state index contributed by atoms with van der Waals surface area (Å²) in [7, 11) is 0. The van der Waals surface area contributed by atoms with Gasteiger partial charge in [-0.15, -0.1) is 5.54 Å². The number of hydrogen-bond acceptors (Lipinski definition) is 2. The minimum atomic E-state index is -0.298. The second kappa shape index (κ2) is 4.65. The van der Waals surface area contributed by atoms with Crippen LogP contribution in [0, 0.1) is 18.3 Å². The monoisotopic (exact) mass is 212 g/mol. The maximum atomic E-state index is 12.2. The summed E-state index contributed by atoms with van der Waals surface area (Å²) in [5.74, 6) is 0.548. The van der Waals surface area contributed by atoms with E-state index in [9.17, 15) is 4.79 Å². The highest BCUT2D eigenvalue weighted by molar-refractivity contribution is 5.89. The summed E-state index contributed by atoms with van der Waals surface area (Å²) in [6, 6.07) is -0.113. The molecule has 0 aromatic carbocycles. The quantitative estimate of drug-likeness (QED) is 0.726. The van der Waals surface area contributed by atoms with Crippen molar-refractivity contribution in [3.8, 4) is 0 Å². The number of Topliss-reactive ketones (excluding diaryl/α,β-unsaturated/α-hetero) is 1. The molecule has 15 heavy (non-hydrogen) atoms. The zero-order valence-corrected chi connectivity index (χ0v) is 11.3. The number of rotatable bonds is 4. The smallest absolute Gasteiger partial charge is 0.155 e. The van der Waals surface area contributed by atoms with Crippen LogP contribution in [0.1, 0.15) is 48.5 Å². The zero-order chi connectivity index (χ0) is 12.4. The Morgan fingerprint density at radius 1 is 1.13 bits per heavy atom. The molecule has 0 fully saturated rings. The summed E-state index contributed by atoms with van der Waals surface area (Å²) in [5, 5.41) is 3.30. The summed E-state index contributed by atoms with van der Waals surface area (Å²) in [6.45, 7) is 18.0. The van der Waals surface area contributed by atoms with Crippen molar-refractivity contribution in [2.45, 2.75) is 60.0 Å². The Balaban J connectivity index is 4.77. The zero-order valence-electron chi connectivity index (χ0n) is 11.3. The van der Waals surface area contributed by atoms with E-state index in [1.54, 1.807) is 0 Å². The molecule has 0 aliphatic rings. The predicted molar refractivity (Wildman–Crippen MR) is 65.7 cm³/mol. The molecule has 1 N–H and O–H groups in total. The molecule has 0 radical (unpaired) electrons. The molecule has 0 bridgehead atoms. The Morgan fingerprint density at radius 3 is 1.73 bits per heavy atom. The van der Waals surface area contributed by atoms with Crippen molar-refractivity contribution >= 4 is 5.78 Å². The molecule has 0 amide bonds. The summed E-state index contributed by atoms with van der Waals surface area (Å²) in [6.07, 6.45) is 0. The first kappa shape index (κ1) is 14.6. The maximum absolute atomic E-state index is 12.2. The molecule has 0 heterocycles. The molecule has 0 rings (SSSR count). The molecule has 0 aromatic rings. The van der Waals surface area contributed by atoms with E-state index in [1.165, 1.54) is 0 Å². The minimum absolute atomic E-state index is 0.113. The van der Waals surface area contributed by atoms with E-state index in [1.807, 2.05) is 34.6 Å². The SMILES string of the molecule is [CH2-]C(C)(C)NC(C(=O)C(C)(C)C)C(C)C. The largest absolute Gasteiger partial charge is 0.332 e. The molecule has 1 unspecified atom stereocenters. The molecule has 2 heteroatoms. The molecule has 2 nitrogen and oxygen atoms in total. The van der Waals surface area contributed by atoms with E-state index < -0.39 is 0 Å². The highest BCUT2D eigenvalue weighted by Gasteiger charge is 2.32. The highest BCUT2D eigenvalue weighted by atomic mass is 16.1. The first-order valence-corrected chi connectivity index (χ1v) is 5.62. The molecule has 90 valence electrons. The minimum Gasteiger partial charge on any atom is -0.332 e. The molecule has 0 aromatic heterocycles. The Kier molecular flexibility index (Phi) is 4.53. The van der Waals surface area contributed by atoms with Gasteiger partial charge in [-0.2, -0.15) is 0 Å². The third-order valence-corrected chi connectivity index (χ3v) is 2.23. The van der Waals surface area contributed by atoms with Crippen molar-refractivity contribution in [3.63, 3.8) is 0 Å². The van der Waals surface area contributed by atoms with E-state index in [4.69, 9.17) is 0 Å². The molecule has 0 aliphatic heterocycles. The normalized spacial score (nSPS) is 15.5. The van der Waals surface area contributed by atoms with Crippen molar-refractivity contribution in [1.29, 1.82) is 0 Å². The maximum Gasteiger partial charge on any atom is 0.155 e. The van der Waals surface area contributed by atoms with Gasteiger partial charge in [-0.3, -0.25) is 4.79 Å². The van der Waals surface area contributed by atoms with Gasteiger partial charge in [0.2, 0.25) is 0 Å². The second-order valence-corrected chi connectivity index (χ2v) is 6.36. The first-order valence-electron chi connectivity index (χ1n) is 5.62. The van der Waals surface area contributed by atoms with Crippen molar-refractivity contribution in [2.75, 3.05) is 0 Å². The fraction of sp³-hybridized carbons (Fsp3) is 0.846. The van der Waals surface area contributed by atoms with E-state index in [0.29, 0.717) is 0 Å². The third kappa shape index (κ3) is 5.31. The van der Waals surface area contributed by atoms with Gasteiger partial charge < -0.3 is 12.2 Å². The molecule has 0 saturated carbocycles. The summed E-state index contributed by atoms with van der Waals surface area (Å²) in [4.78, 5) is 12.2. The lowest BCUT2D eigenvalue weighted by Crippen LogP contribution is -2.53. The van der Waals surface area contributed by atoms with Crippen LogP contribution in [-0.4, -0.2) is 17.4 Å². The van der Waals surface area contributed by atoms with Crippen LogP contribution in [0.5, 0.6) is 0 Å². The van der Waals surface area contributed by atoms with E-state index in [2.05, 4.69) is 26.1 Å². The topological polar surface area (TPSA) is 29.1 Å². The molecule has 0 aliphatic carbocycles. The van der Waals surface area contributed by atoms with Crippen molar-refractivity contribution < 1.29 is 4.79 Å². The Labute approximate surface area is 94.8 Å². The van der Waals surface area contributed by atoms with Crippen LogP contribution in [0.2, 0.25) is 0 Å². The van der Waals surface area contributed by atoms with Crippen LogP contribution < -0.4 is 5.32 Å². The molecule has 0 saturated heterocycles. The third-order valence-electron chi connectivity index (χ3n) is 2.23. The molecular formula is C13H26NO-. The average molecular weight is 212 g/mol. The number of carbonyl (C=O) groups excluding carboxylic acids is 1. The number of ketones is 1. The van der Waals surface area contributed by atoms with Gasteiger partial charge in [0.05, 0.1) is 6.04 Å². The average Bonchev–Trinajstić information content (AvgIpc) is 1.94. The summed E-state index contributed by atoms with van der Waals surface area (Å²) >= 11 is 0.